The zero-order valence-corrected chi connectivity index (χ0v) is 10.8. The monoisotopic (exact) mass is 214 g/mol. The van der Waals surface area contributed by atoms with Gasteiger partial charge >= 0.3 is 0 Å². The van der Waals surface area contributed by atoms with Gasteiger partial charge in [0.2, 0.25) is 5.91 Å². The number of hydrogen-bond donors (Lipinski definition) is 2. The molecule has 3 heteroatoms. The number of carbonyl (C=O) groups excluding carboxylic acids is 1. The lowest BCUT2D eigenvalue weighted by Gasteiger charge is -2.27. The van der Waals surface area contributed by atoms with Crippen molar-refractivity contribution in [3.05, 3.63) is 0 Å². The zero-order valence-electron chi connectivity index (χ0n) is 10.8. The molecule has 0 rings (SSSR count). The van der Waals surface area contributed by atoms with Crippen molar-refractivity contribution in [1.82, 2.24) is 5.32 Å². The van der Waals surface area contributed by atoms with E-state index in [1.807, 2.05) is 6.92 Å². The molecule has 0 fully saturated rings. The van der Waals surface area contributed by atoms with Gasteiger partial charge < -0.3 is 11.1 Å². The van der Waals surface area contributed by atoms with Crippen LogP contribution >= 0.6 is 0 Å². The van der Waals surface area contributed by atoms with E-state index in [2.05, 4.69) is 33.0 Å². The third-order valence-electron chi connectivity index (χ3n) is 3.00. The largest absolute Gasteiger partial charge is 0.354 e. The fraction of sp³-hybridized carbons (Fsp3) is 0.917. The maximum absolute atomic E-state index is 11.5. The maximum atomic E-state index is 11.5. The van der Waals surface area contributed by atoms with E-state index in [0.29, 0.717) is 12.5 Å². The summed E-state index contributed by atoms with van der Waals surface area (Å²) in [6.45, 7) is 11.4. The minimum Gasteiger partial charge on any atom is -0.354 e. The standard InChI is InChI=1S/C12H26N2O/c1-6-7-10(13)11(15)14-8-9(2)12(3,4)5/h9-10H,6-8,13H2,1-5H3,(H,14,15)/t9?,10-/m0/s1. The topological polar surface area (TPSA) is 55.1 Å². The third kappa shape index (κ3) is 5.78. The molecular formula is C12H26N2O. The van der Waals surface area contributed by atoms with Crippen LogP contribution in [0.2, 0.25) is 0 Å². The second-order valence-corrected chi connectivity index (χ2v) is 5.41. The van der Waals surface area contributed by atoms with Crippen molar-refractivity contribution < 1.29 is 4.79 Å². The highest BCUT2D eigenvalue weighted by Gasteiger charge is 2.21. The van der Waals surface area contributed by atoms with E-state index in [1.165, 1.54) is 0 Å². The Bertz CT molecular complexity index is 196. The smallest absolute Gasteiger partial charge is 0.236 e. The van der Waals surface area contributed by atoms with Crippen LogP contribution in [0.3, 0.4) is 0 Å². The number of carbonyl (C=O) groups is 1. The first-order valence-corrected chi connectivity index (χ1v) is 5.82. The molecule has 0 saturated carbocycles. The molecule has 3 N–H and O–H groups in total. The first kappa shape index (κ1) is 14.4. The molecule has 0 aliphatic rings. The van der Waals surface area contributed by atoms with Crippen LogP contribution in [0.4, 0.5) is 0 Å². The second-order valence-electron chi connectivity index (χ2n) is 5.41. The highest BCUT2D eigenvalue weighted by atomic mass is 16.2. The summed E-state index contributed by atoms with van der Waals surface area (Å²) in [6, 6.07) is -0.345. The highest BCUT2D eigenvalue weighted by molar-refractivity contribution is 5.81. The first-order valence-electron chi connectivity index (χ1n) is 5.82. The SMILES string of the molecule is CCC[C@H](N)C(=O)NCC(C)C(C)(C)C. The van der Waals surface area contributed by atoms with Crippen molar-refractivity contribution in [1.29, 1.82) is 0 Å². The average Bonchev–Trinajstić information content (AvgIpc) is 2.12. The lowest BCUT2D eigenvalue weighted by Crippen LogP contribution is -2.43. The molecule has 15 heavy (non-hydrogen) atoms. The Morgan fingerprint density at radius 1 is 1.40 bits per heavy atom. The van der Waals surface area contributed by atoms with Gasteiger partial charge in [-0.2, -0.15) is 0 Å². The summed E-state index contributed by atoms with van der Waals surface area (Å²) in [4.78, 5) is 11.5. The van der Waals surface area contributed by atoms with Gasteiger partial charge in [0, 0.05) is 6.54 Å². The number of nitrogens with two attached hydrogens (primary N) is 1. The molecule has 0 heterocycles. The van der Waals surface area contributed by atoms with Crippen LogP contribution in [0, 0.1) is 11.3 Å². The number of hydrogen-bond acceptors (Lipinski definition) is 2. The van der Waals surface area contributed by atoms with Crippen molar-refractivity contribution in [3.8, 4) is 0 Å². The summed E-state index contributed by atoms with van der Waals surface area (Å²) in [5.41, 5.74) is 5.94. The summed E-state index contributed by atoms with van der Waals surface area (Å²) >= 11 is 0. The first-order chi connectivity index (χ1) is 6.79. The van der Waals surface area contributed by atoms with Crippen LogP contribution < -0.4 is 11.1 Å². The fourth-order valence-corrected chi connectivity index (χ4v) is 1.13. The Balaban J connectivity index is 3.90. The lowest BCUT2D eigenvalue weighted by molar-refractivity contribution is -0.122. The van der Waals surface area contributed by atoms with Crippen LogP contribution in [0.25, 0.3) is 0 Å². The van der Waals surface area contributed by atoms with Crippen molar-refractivity contribution >= 4 is 5.91 Å². The van der Waals surface area contributed by atoms with E-state index < -0.39 is 0 Å². The Morgan fingerprint density at radius 3 is 2.33 bits per heavy atom. The number of amides is 1. The van der Waals surface area contributed by atoms with E-state index in [9.17, 15) is 4.79 Å². The molecule has 0 aromatic heterocycles. The van der Waals surface area contributed by atoms with Gasteiger partial charge in [-0.3, -0.25) is 4.79 Å². The summed E-state index contributed by atoms with van der Waals surface area (Å²) in [5, 5.41) is 2.91. The molecule has 3 nitrogen and oxygen atoms in total. The Morgan fingerprint density at radius 2 is 1.93 bits per heavy atom. The number of nitrogens with one attached hydrogen (secondary N) is 1. The summed E-state index contributed by atoms with van der Waals surface area (Å²) in [5.74, 6) is 0.434. The molecule has 0 aliphatic heterocycles. The molecule has 2 atom stereocenters. The molecule has 90 valence electrons. The van der Waals surface area contributed by atoms with Crippen LogP contribution in [-0.4, -0.2) is 18.5 Å². The van der Waals surface area contributed by atoms with Crippen molar-refractivity contribution in [2.45, 2.75) is 53.5 Å². The minimum absolute atomic E-state index is 0.0204. The van der Waals surface area contributed by atoms with Gasteiger partial charge in [0.1, 0.15) is 0 Å². The van der Waals surface area contributed by atoms with Crippen LogP contribution in [0.15, 0.2) is 0 Å². The average molecular weight is 214 g/mol. The van der Waals surface area contributed by atoms with Gasteiger partial charge in [-0.1, -0.05) is 41.0 Å². The summed E-state index contributed by atoms with van der Waals surface area (Å²) < 4.78 is 0. The Labute approximate surface area is 93.8 Å². The van der Waals surface area contributed by atoms with Gasteiger partial charge in [0.05, 0.1) is 6.04 Å². The van der Waals surface area contributed by atoms with E-state index in [-0.39, 0.29) is 17.4 Å². The van der Waals surface area contributed by atoms with Crippen LogP contribution in [0.5, 0.6) is 0 Å². The van der Waals surface area contributed by atoms with E-state index in [4.69, 9.17) is 5.73 Å². The van der Waals surface area contributed by atoms with E-state index in [1.54, 1.807) is 0 Å². The van der Waals surface area contributed by atoms with Gasteiger partial charge in [-0.25, -0.2) is 0 Å². The quantitative estimate of drug-likeness (QED) is 0.734. The third-order valence-corrected chi connectivity index (χ3v) is 3.00. The predicted octanol–water partition coefficient (Wildman–Crippen LogP) is 1.91. The van der Waals surface area contributed by atoms with Gasteiger partial charge in [0.25, 0.3) is 0 Å². The molecule has 0 bridgehead atoms. The molecule has 0 spiro atoms. The normalized spacial score (nSPS) is 15.9. The van der Waals surface area contributed by atoms with E-state index in [0.717, 1.165) is 12.8 Å². The maximum Gasteiger partial charge on any atom is 0.236 e. The van der Waals surface area contributed by atoms with Crippen molar-refractivity contribution in [2.24, 2.45) is 17.1 Å². The fourth-order valence-electron chi connectivity index (χ4n) is 1.13. The Hall–Kier alpha value is -0.570. The number of rotatable bonds is 5. The van der Waals surface area contributed by atoms with Crippen molar-refractivity contribution in [3.63, 3.8) is 0 Å². The molecule has 0 aromatic carbocycles. The minimum atomic E-state index is -0.345. The predicted molar refractivity (Wildman–Crippen MR) is 64.5 cm³/mol. The highest BCUT2D eigenvalue weighted by Crippen LogP contribution is 2.24. The molecule has 1 unspecified atom stereocenters. The molecule has 0 saturated heterocycles. The summed E-state index contributed by atoms with van der Waals surface area (Å²) in [6.07, 6.45) is 1.71. The lowest BCUT2D eigenvalue weighted by atomic mass is 9.82. The second kappa shape index (κ2) is 6.11. The van der Waals surface area contributed by atoms with Crippen LogP contribution in [-0.2, 0) is 4.79 Å². The molecule has 0 radical (unpaired) electrons. The molecule has 0 aliphatic carbocycles. The van der Waals surface area contributed by atoms with E-state index >= 15 is 0 Å². The Kier molecular flexibility index (Phi) is 5.88. The molecular weight excluding hydrogens is 188 g/mol. The van der Waals surface area contributed by atoms with Gasteiger partial charge in [0.15, 0.2) is 0 Å². The molecule has 0 aromatic rings. The van der Waals surface area contributed by atoms with Gasteiger partial charge in [-0.15, -0.1) is 0 Å². The van der Waals surface area contributed by atoms with Gasteiger partial charge in [-0.05, 0) is 17.8 Å². The summed E-state index contributed by atoms with van der Waals surface area (Å²) in [7, 11) is 0. The van der Waals surface area contributed by atoms with Crippen molar-refractivity contribution in [2.75, 3.05) is 6.54 Å². The zero-order chi connectivity index (χ0) is 12.1. The molecule has 1 amide bonds. The van der Waals surface area contributed by atoms with Crippen LogP contribution in [0.1, 0.15) is 47.5 Å².